The third kappa shape index (κ3) is 4.00. The molecule has 2 aromatic rings. The second-order valence-corrected chi connectivity index (χ2v) is 6.06. The van der Waals surface area contributed by atoms with Crippen LogP contribution in [0.2, 0.25) is 0 Å². The van der Waals surface area contributed by atoms with Gasteiger partial charge in [0.05, 0.1) is 4.92 Å². The number of nitrogens with zero attached hydrogens (tertiary/aromatic N) is 1. The second kappa shape index (κ2) is 6.72. The molecule has 0 saturated heterocycles. The summed E-state index contributed by atoms with van der Waals surface area (Å²) in [6, 6.07) is 11.1. The van der Waals surface area contributed by atoms with E-state index >= 15 is 0 Å². The van der Waals surface area contributed by atoms with Gasteiger partial charge in [0.25, 0.3) is 11.6 Å². The van der Waals surface area contributed by atoms with Crippen LogP contribution in [-0.2, 0) is 4.79 Å². The molecule has 0 aliphatic heterocycles. The van der Waals surface area contributed by atoms with Gasteiger partial charge in [-0.05, 0) is 44.0 Å². The van der Waals surface area contributed by atoms with Gasteiger partial charge >= 0.3 is 0 Å². The SMILES string of the molecule is Cc1ccc(NC(=O)c2cccc(NC(=O)C3CC3)c2)cc1[N+](=O)[O-]. The van der Waals surface area contributed by atoms with Gasteiger partial charge in [0.1, 0.15) is 0 Å². The van der Waals surface area contributed by atoms with Crippen LogP contribution in [0.5, 0.6) is 0 Å². The van der Waals surface area contributed by atoms with Gasteiger partial charge < -0.3 is 10.6 Å². The third-order valence-corrected chi connectivity index (χ3v) is 4.00. The summed E-state index contributed by atoms with van der Waals surface area (Å²) in [6.45, 7) is 1.63. The summed E-state index contributed by atoms with van der Waals surface area (Å²) in [6.07, 6.45) is 1.80. The van der Waals surface area contributed by atoms with Crippen molar-refractivity contribution in [3.8, 4) is 0 Å². The van der Waals surface area contributed by atoms with Gasteiger partial charge in [-0.2, -0.15) is 0 Å². The highest BCUT2D eigenvalue weighted by molar-refractivity contribution is 6.05. The Hall–Kier alpha value is -3.22. The highest BCUT2D eigenvalue weighted by Crippen LogP contribution is 2.30. The molecule has 3 rings (SSSR count). The van der Waals surface area contributed by atoms with Crippen LogP contribution in [-0.4, -0.2) is 16.7 Å². The normalized spacial score (nSPS) is 13.2. The smallest absolute Gasteiger partial charge is 0.274 e. The fraction of sp³-hybridized carbons (Fsp3) is 0.222. The van der Waals surface area contributed by atoms with Crippen molar-refractivity contribution in [3.05, 3.63) is 63.7 Å². The first-order chi connectivity index (χ1) is 11.9. The van der Waals surface area contributed by atoms with E-state index in [1.165, 1.54) is 6.07 Å². The van der Waals surface area contributed by atoms with Crippen LogP contribution < -0.4 is 10.6 Å². The largest absolute Gasteiger partial charge is 0.326 e. The van der Waals surface area contributed by atoms with Crippen LogP contribution in [0.3, 0.4) is 0 Å². The number of amides is 2. The minimum Gasteiger partial charge on any atom is -0.326 e. The zero-order chi connectivity index (χ0) is 18.0. The molecule has 0 spiro atoms. The highest BCUT2D eigenvalue weighted by Gasteiger charge is 2.29. The molecule has 2 amide bonds. The number of hydrogen-bond donors (Lipinski definition) is 2. The zero-order valence-electron chi connectivity index (χ0n) is 13.6. The van der Waals surface area contributed by atoms with Gasteiger partial charge in [0.15, 0.2) is 0 Å². The molecule has 0 atom stereocenters. The Morgan fingerprint density at radius 2 is 1.80 bits per heavy atom. The fourth-order valence-corrected chi connectivity index (χ4v) is 2.42. The molecule has 0 radical (unpaired) electrons. The van der Waals surface area contributed by atoms with E-state index in [0.717, 1.165) is 12.8 Å². The molecule has 25 heavy (non-hydrogen) atoms. The molecular weight excluding hydrogens is 322 g/mol. The summed E-state index contributed by atoms with van der Waals surface area (Å²) in [7, 11) is 0. The summed E-state index contributed by atoms with van der Waals surface area (Å²) in [5.74, 6) is -0.363. The number of aryl methyl sites for hydroxylation is 1. The first-order valence-electron chi connectivity index (χ1n) is 7.91. The predicted octanol–water partition coefficient (Wildman–Crippen LogP) is 3.50. The molecule has 1 aliphatic carbocycles. The van der Waals surface area contributed by atoms with Crippen LogP contribution in [0.15, 0.2) is 42.5 Å². The Morgan fingerprint density at radius 1 is 1.08 bits per heavy atom. The summed E-state index contributed by atoms with van der Waals surface area (Å²) < 4.78 is 0. The van der Waals surface area contributed by atoms with Gasteiger partial charge in [-0.1, -0.05) is 12.1 Å². The number of carbonyl (C=O) groups is 2. The van der Waals surface area contributed by atoms with Gasteiger partial charge in [0.2, 0.25) is 5.91 Å². The van der Waals surface area contributed by atoms with Crippen LogP contribution >= 0.6 is 0 Å². The van der Waals surface area contributed by atoms with Gasteiger partial charge in [-0.25, -0.2) is 0 Å². The Kier molecular flexibility index (Phi) is 4.47. The minimum atomic E-state index is -0.487. The molecular formula is C18H17N3O4. The van der Waals surface area contributed by atoms with Crippen LogP contribution in [0.1, 0.15) is 28.8 Å². The van der Waals surface area contributed by atoms with Crippen LogP contribution in [0.4, 0.5) is 17.1 Å². The molecule has 7 heteroatoms. The summed E-state index contributed by atoms with van der Waals surface area (Å²) in [5.41, 5.74) is 1.72. The zero-order valence-corrected chi connectivity index (χ0v) is 13.6. The van der Waals surface area contributed by atoms with Gasteiger partial charge in [-0.3, -0.25) is 19.7 Å². The Labute approximate surface area is 144 Å². The molecule has 0 bridgehead atoms. The number of nitro benzene ring substituents is 1. The van der Waals surface area contributed by atoms with E-state index in [1.807, 2.05) is 0 Å². The molecule has 2 N–H and O–H groups in total. The van der Waals surface area contributed by atoms with E-state index in [9.17, 15) is 19.7 Å². The maximum absolute atomic E-state index is 12.4. The van der Waals surface area contributed by atoms with Crippen molar-refractivity contribution in [1.29, 1.82) is 0 Å². The van der Waals surface area contributed by atoms with Crippen molar-refractivity contribution < 1.29 is 14.5 Å². The maximum atomic E-state index is 12.4. The standard InChI is InChI=1S/C18H17N3O4/c1-11-5-8-15(10-16(11)21(24)25)20-18(23)13-3-2-4-14(9-13)19-17(22)12-6-7-12/h2-5,8-10,12H,6-7H2,1H3,(H,19,22)(H,20,23). The molecule has 0 heterocycles. The maximum Gasteiger partial charge on any atom is 0.274 e. The number of rotatable bonds is 5. The van der Waals surface area contributed by atoms with Crippen LogP contribution in [0.25, 0.3) is 0 Å². The number of nitro groups is 1. The number of benzene rings is 2. The minimum absolute atomic E-state index is 0.0354. The Balaban J connectivity index is 1.73. The molecule has 0 aromatic heterocycles. The Bertz CT molecular complexity index is 859. The molecule has 2 aromatic carbocycles. The summed E-state index contributed by atoms with van der Waals surface area (Å²) in [5, 5.41) is 16.4. The summed E-state index contributed by atoms with van der Waals surface area (Å²) >= 11 is 0. The molecule has 1 aliphatic rings. The number of nitrogens with one attached hydrogen (secondary N) is 2. The van der Waals surface area contributed by atoms with E-state index in [0.29, 0.717) is 22.5 Å². The molecule has 1 fully saturated rings. The van der Waals surface area contributed by atoms with E-state index < -0.39 is 10.8 Å². The first kappa shape index (κ1) is 16.6. The quantitative estimate of drug-likeness (QED) is 0.643. The monoisotopic (exact) mass is 339 g/mol. The van der Waals surface area contributed by atoms with E-state index in [-0.39, 0.29) is 17.5 Å². The van der Waals surface area contributed by atoms with E-state index in [4.69, 9.17) is 0 Å². The lowest BCUT2D eigenvalue weighted by Gasteiger charge is -2.09. The van der Waals surface area contributed by atoms with Crippen molar-refractivity contribution in [2.45, 2.75) is 19.8 Å². The molecule has 0 unspecified atom stereocenters. The average Bonchev–Trinajstić information content (AvgIpc) is 3.41. The first-order valence-corrected chi connectivity index (χ1v) is 7.91. The van der Waals surface area contributed by atoms with Crippen molar-refractivity contribution >= 4 is 28.9 Å². The van der Waals surface area contributed by atoms with E-state index in [1.54, 1.807) is 43.3 Å². The summed E-state index contributed by atoms with van der Waals surface area (Å²) in [4.78, 5) is 34.7. The van der Waals surface area contributed by atoms with Gasteiger partial charge in [-0.15, -0.1) is 0 Å². The molecule has 128 valence electrons. The lowest BCUT2D eigenvalue weighted by molar-refractivity contribution is -0.385. The second-order valence-electron chi connectivity index (χ2n) is 6.06. The lowest BCUT2D eigenvalue weighted by Crippen LogP contribution is -2.15. The number of anilines is 2. The van der Waals surface area contributed by atoms with Crippen molar-refractivity contribution in [2.24, 2.45) is 5.92 Å². The molecule has 1 saturated carbocycles. The number of hydrogen-bond acceptors (Lipinski definition) is 4. The highest BCUT2D eigenvalue weighted by atomic mass is 16.6. The lowest BCUT2D eigenvalue weighted by atomic mass is 10.1. The van der Waals surface area contributed by atoms with Crippen molar-refractivity contribution in [1.82, 2.24) is 0 Å². The number of carbonyl (C=O) groups excluding carboxylic acids is 2. The van der Waals surface area contributed by atoms with Crippen molar-refractivity contribution in [3.63, 3.8) is 0 Å². The van der Waals surface area contributed by atoms with Crippen molar-refractivity contribution in [2.75, 3.05) is 10.6 Å². The fourth-order valence-electron chi connectivity index (χ4n) is 2.42. The van der Waals surface area contributed by atoms with Gasteiger partial charge in [0, 0.05) is 34.5 Å². The van der Waals surface area contributed by atoms with E-state index in [2.05, 4.69) is 10.6 Å². The predicted molar refractivity (Wildman–Crippen MR) is 93.6 cm³/mol. The average molecular weight is 339 g/mol. The topological polar surface area (TPSA) is 101 Å². The molecule has 7 nitrogen and oxygen atoms in total. The third-order valence-electron chi connectivity index (χ3n) is 4.00. The Morgan fingerprint density at radius 3 is 2.48 bits per heavy atom. The van der Waals surface area contributed by atoms with Crippen LogP contribution in [0, 0.1) is 23.0 Å².